The number of hydrogen-bond acceptors (Lipinski definition) is 1. The van der Waals surface area contributed by atoms with Crippen LogP contribution in [-0.2, 0) is 0 Å². The van der Waals surface area contributed by atoms with Gasteiger partial charge in [-0.15, -0.1) is 0 Å². The summed E-state index contributed by atoms with van der Waals surface area (Å²) in [6, 6.07) is 10.7. The summed E-state index contributed by atoms with van der Waals surface area (Å²) in [5.74, 6) is 1.02. The van der Waals surface area contributed by atoms with Crippen molar-refractivity contribution in [3.8, 4) is 5.75 Å². The van der Waals surface area contributed by atoms with Gasteiger partial charge in [-0.1, -0.05) is 0 Å². The Kier molecular flexibility index (Phi) is 5.74. The fourth-order valence-corrected chi connectivity index (χ4v) is 7.96. The molecule has 0 aliphatic carbocycles. The standard InChI is InChI=1S/C16H20ClOSi.C4H9.Sn/c1-16(2,3)19(4,5)18-13-9-10-14-12(11-13)7-6-8-15(14)17;1-4(2)3;/h6-9,11H,1-5H3;1-3H3;. The zero-order valence-corrected chi connectivity index (χ0v) is 20.8. The summed E-state index contributed by atoms with van der Waals surface area (Å²) in [6.45, 7) is 18.5. The molecule has 1 nitrogen and oxygen atoms in total. The van der Waals surface area contributed by atoms with Crippen molar-refractivity contribution < 1.29 is 4.43 Å². The van der Waals surface area contributed by atoms with Gasteiger partial charge in [-0.25, -0.2) is 0 Å². The fraction of sp³-hybridized carbons (Fsp3) is 0.500. The molecule has 130 valence electrons. The summed E-state index contributed by atoms with van der Waals surface area (Å²) in [4.78, 5) is 0. The topological polar surface area (TPSA) is 9.23 Å². The van der Waals surface area contributed by atoms with Crippen LogP contribution >= 0.6 is 11.6 Å². The van der Waals surface area contributed by atoms with E-state index in [2.05, 4.69) is 72.8 Å². The summed E-state index contributed by atoms with van der Waals surface area (Å²) in [5.41, 5.74) is 0. The average Bonchev–Trinajstić information content (AvgIpc) is 2.34. The van der Waals surface area contributed by atoms with Crippen LogP contribution in [0.4, 0.5) is 0 Å². The van der Waals surface area contributed by atoms with Crippen LogP contribution in [0.3, 0.4) is 0 Å². The second-order valence-corrected chi connectivity index (χ2v) is 20.7. The Labute approximate surface area is 163 Å². The molecule has 4 heteroatoms. The monoisotopic (exact) mass is 468 g/mol. The summed E-state index contributed by atoms with van der Waals surface area (Å²) in [5, 5.41) is 3.51. The molecule has 0 heterocycles. The van der Waals surface area contributed by atoms with Gasteiger partial charge in [0.05, 0.1) is 0 Å². The maximum absolute atomic E-state index is 6.59. The SMILES string of the molecule is C[C](C)(C)[Sn][c]1cc(O[Si](C)(C)C(C)(C)C)cc2cccc(Cl)c12. The van der Waals surface area contributed by atoms with Crippen molar-refractivity contribution in [1.82, 2.24) is 0 Å². The molecule has 2 aromatic rings. The Bertz CT molecular complexity index is 742. The van der Waals surface area contributed by atoms with E-state index < -0.39 is 29.5 Å². The molecule has 0 atom stereocenters. The normalized spacial score (nSPS) is 13.4. The van der Waals surface area contributed by atoms with E-state index in [0.717, 1.165) is 10.8 Å². The van der Waals surface area contributed by atoms with Gasteiger partial charge in [0.15, 0.2) is 0 Å². The van der Waals surface area contributed by atoms with Gasteiger partial charge in [0.1, 0.15) is 0 Å². The van der Waals surface area contributed by atoms with Crippen LogP contribution in [0, 0.1) is 0 Å². The molecule has 0 amide bonds. The Balaban J connectivity index is 2.58. The minimum atomic E-state index is -1.84. The quantitative estimate of drug-likeness (QED) is 0.473. The van der Waals surface area contributed by atoms with Gasteiger partial charge >= 0.3 is 164 Å². The predicted octanol–water partition coefficient (Wildman–Crippen LogP) is 6.43. The minimum absolute atomic E-state index is 0.195. The van der Waals surface area contributed by atoms with E-state index in [1.54, 1.807) is 0 Å². The van der Waals surface area contributed by atoms with Crippen LogP contribution in [0.2, 0.25) is 26.6 Å². The summed E-state index contributed by atoms with van der Waals surface area (Å²) in [7, 11) is -1.84. The van der Waals surface area contributed by atoms with Gasteiger partial charge in [0, 0.05) is 0 Å². The van der Waals surface area contributed by atoms with Crippen molar-refractivity contribution in [3.05, 3.63) is 35.4 Å². The van der Waals surface area contributed by atoms with Gasteiger partial charge in [-0.3, -0.25) is 0 Å². The van der Waals surface area contributed by atoms with Crippen LogP contribution in [0.1, 0.15) is 41.5 Å². The number of hydrogen-bond donors (Lipinski definition) is 0. The van der Waals surface area contributed by atoms with E-state index in [9.17, 15) is 0 Å². The van der Waals surface area contributed by atoms with E-state index in [4.69, 9.17) is 16.0 Å². The molecule has 0 spiro atoms. The van der Waals surface area contributed by atoms with E-state index >= 15 is 0 Å². The first-order valence-electron chi connectivity index (χ1n) is 8.50. The molecule has 24 heavy (non-hydrogen) atoms. The third-order valence-electron chi connectivity index (χ3n) is 4.59. The summed E-state index contributed by atoms with van der Waals surface area (Å²) < 4.78 is 8.41. The third kappa shape index (κ3) is 4.70. The zero-order valence-electron chi connectivity index (χ0n) is 16.2. The van der Waals surface area contributed by atoms with Crippen molar-refractivity contribution >= 4 is 55.4 Å². The summed E-state index contributed by atoms with van der Waals surface area (Å²) >= 11 is 5.75. The Morgan fingerprint density at radius 2 is 1.62 bits per heavy atom. The molecule has 0 unspecified atom stereocenters. The first-order valence-corrected chi connectivity index (χ1v) is 14.6. The van der Waals surface area contributed by atoms with Crippen LogP contribution in [-0.4, -0.2) is 29.5 Å². The van der Waals surface area contributed by atoms with Gasteiger partial charge in [0.25, 0.3) is 0 Å². The van der Waals surface area contributed by atoms with Crippen molar-refractivity contribution in [1.29, 1.82) is 0 Å². The van der Waals surface area contributed by atoms with Crippen molar-refractivity contribution in [3.63, 3.8) is 0 Å². The molecular weight excluding hydrogens is 438 g/mol. The Hall–Kier alpha value is -0.194. The molecule has 0 bridgehead atoms. The van der Waals surface area contributed by atoms with Crippen molar-refractivity contribution in [2.75, 3.05) is 0 Å². The molecule has 0 saturated carbocycles. The molecule has 0 N–H and O–H groups in total. The number of rotatable bonds is 3. The molecule has 2 aromatic carbocycles. The number of benzene rings is 2. The molecule has 0 fully saturated rings. The van der Waals surface area contributed by atoms with Crippen LogP contribution < -0.4 is 8.01 Å². The Morgan fingerprint density at radius 1 is 1.00 bits per heavy atom. The van der Waals surface area contributed by atoms with Crippen LogP contribution in [0.5, 0.6) is 5.75 Å². The van der Waals surface area contributed by atoms with E-state index in [1.165, 1.54) is 14.4 Å². The van der Waals surface area contributed by atoms with E-state index in [0.29, 0.717) is 3.43 Å². The molecule has 0 saturated heterocycles. The van der Waals surface area contributed by atoms with E-state index in [1.807, 2.05) is 12.1 Å². The first-order chi connectivity index (χ1) is 10.8. The Morgan fingerprint density at radius 3 is 2.17 bits per heavy atom. The second-order valence-electron chi connectivity index (χ2n) is 9.05. The number of fused-ring (bicyclic) bond motifs is 1. The zero-order chi connectivity index (χ0) is 18.3. The predicted molar refractivity (Wildman–Crippen MR) is 112 cm³/mol. The van der Waals surface area contributed by atoms with Gasteiger partial charge in [0.2, 0.25) is 0 Å². The molecule has 0 aromatic heterocycles. The summed E-state index contributed by atoms with van der Waals surface area (Å²) in [6.07, 6.45) is 0. The molecule has 0 aliphatic heterocycles. The van der Waals surface area contributed by atoms with Crippen LogP contribution in [0.15, 0.2) is 30.3 Å². The molecule has 0 aliphatic rings. The van der Waals surface area contributed by atoms with Crippen molar-refractivity contribution in [2.24, 2.45) is 0 Å². The average molecular weight is 468 g/mol. The maximum atomic E-state index is 6.59. The second kappa shape index (κ2) is 6.84. The molecular formula is C20H29ClOSiSn. The first kappa shape index (κ1) is 20.1. The van der Waals surface area contributed by atoms with Crippen molar-refractivity contribution in [2.45, 2.75) is 63.1 Å². The van der Waals surface area contributed by atoms with Gasteiger partial charge in [-0.05, 0) is 0 Å². The van der Waals surface area contributed by atoms with Gasteiger partial charge in [-0.2, -0.15) is 0 Å². The van der Waals surface area contributed by atoms with Gasteiger partial charge < -0.3 is 0 Å². The third-order valence-corrected chi connectivity index (χ3v) is 13.3. The molecule has 2 rings (SSSR count). The fourth-order valence-electron chi connectivity index (χ4n) is 2.36. The van der Waals surface area contributed by atoms with E-state index in [-0.39, 0.29) is 5.04 Å². The number of halogens is 1. The van der Waals surface area contributed by atoms with Crippen LogP contribution in [0.25, 0.3) is 10.8 Å². The molecule has 2 radical (unpaired) electrons.